The van der Waals surface area contributed by atoms with E-state index in [9.17, 15) is 18.0 Å². The molecule has 3 N–H and O–H groups in total. The molecule has 1 saturated carbocycles. The van der Waals surface area contributed by atoms with E-state index in [1.807, 2.05) is 5.43 Å². The van der Waals surface area contributed by atoms with Crippen molar-refractivity contribution < 1.29 is 18.0 Å². The normalized spacial score (nSPS) is 14.6. The van der Waals surface area contributed by atoms with Gasteiger partial charge in [0.25, 0.3) is 5.91 Å². The molecule has 3 aromatic rings. The lowest BCUT2D eigenvalue weighted by Crippen LogP contribution is -2.31. The van der Waals surface area contributed by atoms with E-state index in [1.54, 1.807) is 6.07 Å². The van der Waals surface area contributed by atoms with E-state index in [4.69, 9.17) is 5.84 Å². The summed E-state index contributed by atoms with van der Waals surface area (Å²) >= 11 is 0. The molecule has 4 rings (SSSR count). The molecule has 12 heteroatoms. The van der Waals surface area contributed by atoms with Crippen molar-refractivity contribution in [2.24, 2.45) is 5.84 Å². The molecule has 9 nitrogen and oxygen atoms in total. The van der Waals surface area contributed by atoms with Crippen LogP contribution in [0.4, 0.5) is 13.2 Å². The number of carbonyl (C=O) groups is 1. The Labute approximate surface area is 167 Å². The summed E-state index contributed by atoms with van der Waals surface area (Å²) < 4.78 is 41.0. The van der Waals surface area contributed by atoms with Gasteiger partial charge in [-0.3, -0.25) is 10.2 Å². The average Bonchev–Trinajstić information content (AvgIpc) is 3.49. The van der Waals surface area contributed by atoms with E-state index in [2.05, 4.69) is 25.0 Å². The highest BCUT2D eigenvalue weighted by Crippen LogP contribution is 2.41. The van der Waals surface area contributed by atoms with Crippen LogP contribution >= 0.6 is 0 Å². The Bertz CT molecular complexity index is 1110. The second-order valence-electron chi connectivity index (χ2n) is 6.63. The molecule has 0 atom stereocenters. The molecule has 1 aliphatic rings. The molecule has 0 aromatic carbocycles. The Hall–Kier alpha value is -3.67. The molecule has 0 radical (unpaired) electrons. The number of carbonyl (C=O) groups excluding carboxylic acids is 1. The molecule has 0 saturated heterocycles. The summed E-state index contributed by atoms with van der Waals surface area (Å²) in [5, 5.41) is 4.18. The van der Waals surface area contributed by atoms with Gasteiger partial charge in [-0.05, 0) is 25.0 Å². The Balaban J connectivity index is 1.72. The average molecular weight is 416 g/mol. The number of hydrogen-bond donors (Lipinski definition) is 2. The number of hydrazine groups is 1. The van der Waals surface area contributed by atoms with Crippen LogP contribution in [-0.2, 0) is 11.0 Å². The van der Waals surface area contributed by atoms with Crippen molar-refractivity contribution >= 4 is 17.7 Å². The molecule has 3 heterocycles. The third kappa shape index (κ3) is 4.17. The van der Waals surface area contributed by atoms with Crippen LogP contribution in [0.2, 0.25) is 0 Å². The summed E-state index contributed by atoms with van der Waals surface area (Å²) in [5.74, 6) is 4.69. The second-order valence-corrected chi connectivity index (χ2v) is 6.63. The van der Waals surface area contributed by atoms with Crippen molar-refractivity contribution in [3.8, 4) is 11.4 Å². The van der Waals surface area contributed by atoms with Crippen LogP contribution in [0.1, 0.15) is 35.7 Å². The van der Waals surface area contributed by atoms with E-state index in [1.165, 1.54) is 35.9 Å². The summed E-state index contributed by atoms with van der Waals surface area (Å²) in [7, 11) is 0. The van der Waals surface area contributed by atoms with Crippen molar-refractivity contribution in [2.45, 2.75) is 24.9 Å². The smallest absolute Gasteiger partial charge is 0.290 e. The molecule has 0 bridgehead atoms. The number of nitrogens with zero attached hydrogens (tertiary/aromatic N) is 6. The van der Waals surface area contributed by atoms with E-state index >= 15 is 0 Å². The minimum Gasteiger partial charge on any atom is -0.290 e. The van der Waals surface area contributed by atoms with Gasteiger partial charge < -0.3 is 0 Å². The highest BCUT2D eigenvalue weighted by Gasteiger charge is 2.35. The van der Waals surface area contributed by atoms with Crippen molar-refractivity contribution in [3.05, 3.63) is 54.1 Å². The van der Waals surface area contributed by atoms with Crippen molar-refractivity contribution in [3.63, 3.8) is 0 Å². The Kier molecular flexibility index (Phi) is 4.99. The van der Waals surface area contributed by atoms with Gasteiger partial charge in [0.1, 0.15) is 18.3 Å². The number of hydrogen-bond acceptors (Lipinski definition) is 7. The van der Waals surface area contributed by atoms with Crippen LogP contribution in [0.25, 0.3) is 23.2 Å². The molecule has 30 heavy (non-hydrogen) atoms. The number of rotatable bonds is 5. The first-order chi connectivity index (χ1) is 14.3. The van der Waals surface area contributed by atoms with Gasteiger partial charge in [0, 0.05) is 41.3 Å². The van der Waals surface area contributed by atoms with E-state index in [0.717, 1.165) is 18.9 Å². The maximum absolute atomic E-state index is 13.3. The summed E-state index contributed by atoms with van der Waals surface area (Å²) in [5.41, 5.74) is 2.06. The van der Waals surface area contributed by atoms with Crippen LogP contribution in [0.5, 0.6) is 0 Å². The zero-order chi connectivity index (χ0) is 21.3. The first-order valence-corrected chi connectivity index (χ1v) is 8.84. The SMILES string of the molecule is NNC(=O)/C(=C/n1cnc(-c2cc(C3CC3)nc(C(F)(F)F)c2)n1)c1cncnc1. The molecular formula is C18H15F3N8O. The van der Waals surface area contributed by atoms with E-state index in [-0.39, 0.29) is 22.9 Å². The molecule has 1 fully saturated rings. The van der Waals surface area contributed by atoms with Crippen molar-refractivity contribution in [1.82, 2.24) is 35.1 Å². The van der Waals surface area contributed by atoms with Gasteiger partial charge in [-0.1, -0.05) is 0 Å². The molecule has 0 aliphatic heterocycles. The molecule has 0 unspecified atom stereocenters. The first-order valence-electron chi connectivity index (χ1n) is 8.84. The molecule has 0 spiro atoms. The maximum atomic E-state index is 13.3. The monoisotopic (exact) mass is 416 g/mol. The third-order valence-electron chi connectivity index (χ3n) is 4.41. The van der Waals surface area contributed by atoms with Crippen LogP contribution in [-0.4, -0.2) is 35.6 Å². The van der Waals surface area contributed by atoms with Gasteiger partial charge >= 0.3 is 6.18 Å². The number of alkyl halides is 3. The van der Waals surface area contributed by atoms with Gasteiger partial charge in [0.15, 0.2) is 5.82 Å². The Morgan fingerprint density at radius 2 is 1.97 bits per heavy atom. The lowest BCUT2D eigenvalue weighted by molar-refractivity contribution is -0.141. The van der Waals surface area contributed by atoms with Crippen molar-refractivity contribution in [2.75, 3.05) is 0 Å². The predicted molar refractivity (Wildman–Crippen MR) is 98.8 cm³/mol. The third-order valence-corrected chi connectivity index (χ3v) is 4.41. The zero-order valence-corrected chi connectivity index (χ0v) is 15.3. The van der Waals surface area contributed by atoms with Crippen LogP contribution in [0, 0.1) is 0 Å². The highest BCUT2D eigenvalue weighted by molar-refractivity contribution is 6.22. The fourth-order valence-electron chi connectivity index (χ4n) is 2.80. The maximum Gasteiger partial charge on any atom is 0.433 e. The first kappa shape index (κ1) is 19.6. The van der Waals surface area contributed by atoms with Gasteiger partial charge in [-0.25, -0.2) is 30.5 Å². The van der Waals surface area contributed by atoms with Gasteiger partial charge in [-0.2, -0.15) is 13.2 Å². The van der Waals surface area contributed by atoms with Crippen LogP contribution < -0.4 is 11.3 Å². The largest absolute Gasteiger partial charge is 0.433 e. The summed E-state index contributed by atoms with van der Waals surface area (Å²) in [6, 6.07) is 2.47. The van der Waals surface area contributed by atoms with E-state index in [0.29, 0.717) is 11.3 Å². The molecule has 154 valence electrons. The predicted octanol–water partition coefficient (Wildman–Crippen LogP) is 2.01. The number of amides is 1. The lowest BCUT2D eigenvalue weighted by Gasteiger charge is -2.09. The second kappa shape index (κ2) is 7.63. The topological polar surface area (TPSA) is 124 Å². The molecule has 1 amide bonds. The minimum absolute atomic E-state index is 0.0194. The standard InChI is InChI=1S/C18H15F3N8O/c19-18(20,21)15-4-11(3-14(26-15)10-1-2-10)16-25-9-29(28-16)7-13(17(30)27-22)12-5-23-8-24-6-12/h3-10H,1-2,22H2,(H,27,30)/b13-7+. The number of pyridine rings is 1. The highest BCUT2D eigenvalue weighted by atomic mass is 19.4. The molecule has 3 aromatic heterocycles. The Morgan fingerprint density at radius 3 is 2.60 bits per heavy atom. The minimum atomic E-state index is -4.58. The molecule has 1 aliphatic carbocycles. The number of nitrogens with one attached hydrogen (secondary N) is 1. The number of aromatic nitrogens is 6. The van der Waals surface area contributed by atoms with Crippen LogP contribution in [0.15, 0.2) is 37.2 Å². The zero-order valence-electron chi connectivity index (χ0n) is 15.3. The van der Waals surface area contributed by atoms with Gasteiger partial charge in [-0.15, -0.1) is 5.10 Å². The number of halogens is 3. The van der Waals surface area contributed by atoms with Gasteiger partial charge in [0.05, 0.1) is 5.57 Å². The summed E-state index contributed by atoms with van der Waals surface area (Å²) in [6.07, 6.45) is 3.73. The fraction of sp³-hybridized carbons (Fsp3) is 0.222. The molecular weight excluding hydrogens is 401 g/mol. The Morgan fingerprint density at radius 1 is 1.23 bits per heavy atom. The van der Waals surface area contributed by atoms with Crippen molar-refractivity contribution in [1.29, 1.82) is 0 Å². The van der Waals surface area contributed by atoms with Gasteiger partial charge in [0.2, 0.25) is 0 Å². The summed E-state index contributed by atoms with van der Waals surface area (Å²) in [4.78, 5) is 27.6. The quantitative estimate of drug-likeness (QED) is 0.282. The van der Waals surface area contributed by atoms with Crippen LogP contribution in [0.3, 0.4) is 0 Å². The fourth-order valence-corrected chi connectivity index (χ4v) is 2.80. The summed E-state index contributed by atoms with van der Waals surface area (Å²) in [6.45, 7) is 0. The lowest BCUT2D eigenvalue weighted by atomic mass is 10.1. The van der Waals surface area contributed by atoms with E-state index < -0.39 is 17.8 Å². The number of nitrogens with two attached hydrogens (primary N) is 1.